The summed E-state index contributed by atoms with van der Waals surface area (Å²) in [5.41, 5.74) is 5.65. The maximum absolute atomic E-state index is 13.6. The maximum atomic E-state index is 13.6. The molecule has 0 bridgehead atoms. The van der Waals surface area contributed by atoms with Crippen LogP contribution in [0.5, 0.6) is 0 Å². The van der Waals surface area contributed by atoms with Crippen LogP contribution in [0.2, 0.25) is 0 Å². The highest BCUT2D eigenvalue weighted by atomic mass is 16.2. The van der Waals surface area contributed by atoms with Gasteiger partial charge in [0, 0.05) is 31.2 Å². The van der Waals surface area contributed by atoms with Gasteiger partial charge in [0.1, 0.15) is 12.1 Å². The predicted octanol–water partition coefficient (Wildman–Crippen LogP) is -1.04. The third kappa shape index (κ3) is 6.66. The van der Waals surface area contributed by atoms with Crippen molar-refractivity contribution in [2.24, 2.45) is 17.1 Å². The van der Waals surface area contributed by atoms with E-state index in [9.17, 15) is 28.8 Å². The summed E-state index contributed by atoms with van der Waals surface area (Å²) in [6.45, 7) is 8.17. The van der Waals surface area contributed by atoms with Crippen LogP contribution < -0.4 is 27.0 Å². The topological polar surface area (TPSA) is 183 Å². The molecule has 0 spiro atoms. The van der Waals surface area contributed by atoms with E-state index in [0.29, 0.717) is 18.8 Å². The van der Waals surface area contributed by atoms with E-state index in [-0.39, 0.29) is 25.0 Å². The number of urea groups is 2. The van der Waals surface area contributed by atoms with E-state index in [4.69, 9.17) is 5.73 Å². The highest BCUT2D eigenvalue weighted by molar-refractivity contribution is 6.36. The summed E-state index contributed by atoms with van der Waals surface area (Å²) in [5.74, 6) is -3.37. The fraction of sp³-hybridized carbons (Fsp3) is 0.583. The molecule has 202 valence electrons. The molecule has 0 aromatic heterocycles. The van der Waals surface area contributed by atoms with Gasteiger partial charge in [-0.05, 0) is 24.3 Å². The van der Waals surface area contributed by atoms with Crippen LogP contribution in [0.25, 0.3) is 0 Å². The summed E-state index contributed by atoms with van der Waals surface area (Å²) in [6.07, 6.45) is 4.35. The van der Waals surface area contributed by atoms with Crippen LogP contribution >= 0.6 is 0 Å². The zero-order chi connectivity index (χ0) is 27.5. The Morgan fingerprint density at radius 1 is 1.24 bits per heavy atom. The lowest BCUT2D eigenvalue weighted by atomic mass is 9.85. The number of nitrogens with zero attached hydrogens (tertiary/aromatic N) is 2. The lowest BCUT2D eigenvalue weighted by molar-refractivity contribution is -0.143. The van der Waals surface area contributed by atoms with Gasteiger partial charge in [0.05, 0.1) is 13.1 Å². The van der Waals surface area contributed by atoms with E-state index < -0.39 is 53.6 Å². The van der Waals surface area contributed by atoms with Crippen molar-refractivity contribution in [2.75, 3.05) is 32.7 Å². The molecule has 2 fully saturated rings. The summed E-state index contributed by atoms with van der Waals surface area (Å²) in [7, 11) is 0. The van der Waals surface area contributed by atoms with Crippen LogP contribution in [-0.4, -0.2) is 90.2 Å². The Kier molecular flexibility index (Phi) is 8.24. The van der Waals surface area contributed by atoms with Gasteiger partial charge in [-0.25, -0.2) is 9.59 Å². The molecule has 0 aromatic rings. The minimum absolute atomic E-state index is 0.206. The van der Waals surface area contributed by atoms with E-state index in [1.165, 1.54) is 4.90 Å². The zero-order valence-corrected chi connectivity index (χ0v) is 21.6. The predicted molar refractivity (Wildman–Crippen MR) is 133 cm³/mol. The molecule has 1 unspecified atom stereocenters. The number of fused-ring (bicyclic) bond motifs is 1. The highest BCUT2D eigenvalue weighted by Crippen LogP contribution is 2.43. The molecule has 0 radical (unpaired) electrons. The molecule has 13 heteroatoms. The van der Waals surface area contributed by atoms with E-state index in [1.54, 1.807) is 38.7 Å². The number of amides is 7. The van der Waals surface area contributed by atoms with Gasteiger partial charge in [-0.2, -0.15) is 0 Å². The molecule has 2 saturated heterocycles. The molecule has 37 heavy (non-hydrogen) atoms. The first kappa shape index (κ1) is 27.7. The minimum Gasteiger partial charge on any atom is -0.363 e. The summed E-state index contributed by atoms with van der Waals surface area (Å²) in [6, 6.07) is -2.69. The molecular formula is C24H35N7O6. The van der Waals surface area contributed by atoms with Gasteiger partial charge in [-0.15, -0.1) is 0 Å². The van der Waals surface area contributed by atoms with Crippen molar-refractivity contribution in [1.82, 2.24) is 31.1 Å². The zero-order valence-electron chi connectivity index (χ0n) is 21.6. The molecule has 13 nitrogen and oxygen atoms in total. The number of rotatable bonds is 9. The summed E-state index contributed by atoms with van der Waals surface area (Å²) in [4.78, 5) is 76.9. The SMILES string of the molecule is C/C=C(/CN1CCCNC1=O)NC(=O)N[C@H](C(=O)N1CC2=CC2[C@H]1C(=O)NCC(=O)C(N)=O)C(C)(C)C. The van der Waals surface area contributed by atoms with Gasteiger partial charge in [-0.3, -0.25) is 19.2 Å². The van der Waals surface area contributed by atoms with Crippen molar-refractivity contribution < 1.29 is 28.8 Å². The summed E-state index contributed by atoms with van der Waals surface area (Å²) < 4.78 is 0. The smallest absolute Gasteiger partial charge is 0.319 e. The fourth-order valence-corrected chi connectivity index (χ4v) is 4.37. The first-order valence-electron chi connectivity index (χ1n) is 12.2. The molecule has 2 aliphatic heterocycles. The van der Waals surface area contributed by atoms with Crippen molar-refractivity contribution >= 4 is 35.6 Å². The standard InChI is InChI=1S/C24H35N7O6/c1-5-14(12-30-8-6-7-26-23(30)37)28-22(36)29-18(24(2,3)4)21(35)31-11-13-9-15(13)17(31)20(34)27-10-16(32)19(25)33/h5,9,15,17-18H,6-8,10-12H2,1-4H3,(H2,25,33)(H,26,37)(H,27,34)(H2,28,29,36)/b14-5-/t15?,17-,18+/m0/s1. The van der Waals surface area contributed by atoms with Crippen LogP contribution in [0.4, 0.5) is 9.59 Å². The second-order valence-corrected chi connectivity index (χ2v) is 10.4. The van der Waals surface area contributed by atoms with Crippen LogP contribution in [0, 0.1) is 11.3 Å². The normalized spacial score (nSPS) is 21.8. The number of ketones is 1. The number of hydrogen-bond acceptors (Lipinski definition) is 6. The van der Waals surface area contributed by atoms with Crippen molar-refractivity contribution in [2.45, 2.75) is 46.2 Å². The Balaban J connectivity index is 1.67. The first-order chi connectivity index (χ1) is 17.3. The average molecular weight is 518 g/mol. The molecule has 6 N–H and O–H groups in total. The second-order valence-electron chi connectivity index (χ2n) is 10.4. The number of nitrogens with one attached hydrogen (secondary N) is 4. The number of likely N-dealkylation sites (tertiary alicyclic amines) is 1. The van der Waals surface area contributed by atoms with E-state index in [1.807, 2.05) is 6.08 Å². The number of hydrogen-bond donors (Lipinski definition) is 5. The van der Waals surface area contributed by atoms with Crippen molar-refractivity contribution in [3.8, 4) is 0 Å². The van der Waals surface area contributed by atoms with E-state index >= 15 is 0 Å². The molecule has 7 amide bonds. The Hall–Kier alpha value is -3.90. The van der Waals surface area contributed by atoms with Gasteiger partial charge >= 0.3 is 12.1 Å². The Labute approximate surface area is 215 Å². The lowest BCUT2D eigenvalue weighted by Gasteiger charge is -2.36. The van der Waals surface area contributed by atoms with E-state index in [2.05, 4.69) is 21.3 Å². The maximum Gasteiger partial charge on any atom is 0.319 e. The van der Waals surface area contributed by atoms with Crippen LogP contribution in [0.3, 0.4) is 0 Å². The lowest BCUT2D eigenvalue weighted by Crippen LogP contribution is -2.60. The minimum atomic E-state index is -1.16. The molecule has 3 rings (SSSR count). The van der Waals surface area contributed by atoms with Gasteiger partial charge in [0.25, 0.3) is 5.91 Å². The Bertz CT molecular complexity index is 1060. The average Bonchev–Trinajstić information content (AvgIpc) is 3.49. The second kappa shape index (κ2) is 11.0. The quantitative estimate of drug-likeness (QED) is 0.192. The van der Waals surface area contributed by atoms with Crippen LogP contribution in [0.15, 0.2) is 23.4 Å². The molecular weight excluding hydrogens is 482 g/mol. The van der Waals surface area contributed by atoms with Crippen LogP contribution in [-0.2, 0) is 19.2 Å². The highest BCUT2D eigenvalue weighted by Gasteiger charge is 2.52. The number of carbonyl (C=O) groups excluding carboxylic acids is 6. The molecule has 3 atom stereocenters. The summed E-state index contributed by atoms with van der Waals surface area (Å²) >= 11 is 0. The number of allylic oxidation sites excluding steroid dienone is 1. The molecule has 0 saturated carbocycles. The van der Waals surface area contributed by atoms with Crippen molar-refractivity contribution in [3.63, 3.8) is 0 Å². The Morgan fingerprint density at radius 3 is 2.54 bits per heavy atom. The third-order valence-electron chi connectivity index (χ3n) is 6.53. The number of nitrogens with two attached hydrogens (primary N) is 1. The fourth-order valence-electron chi connectivity index (χ4n) is 4.37. The van der Waals surface area contributed by atoms with Crippen molar-refractivity contribution in [1.29, 1.82) is 0 Å². The molecule has 2 heterocycles. The molecule has 0 aromatic carbocycles. The van der Waals surface area contributed by atoms with Crippen molar-refractivity contribution in [3.05, 3.63) is 23.4 Å². The van der Waals surface area contributed by atoms with Gasteiger partial charge < -0.3 is 36.8 Å². The van der Waals surface area contributed by atoms with E-state index in [0.717, 1.165) is 12.0 Å². The summed E-state index contributed by atoms with van der Waals surface area (Å²) in [5, 5.41) is 10.6. The number of Topliss-reactive ketones (excluding diaryl/α,β-unsaturated/α-hetero) is 1. The van der Waals surface area contributed by atoms with Gasteiger partial charge in [0.2, 0.25) is 17.6 Å². The third-order valence-corrected chi connectivity index (χ3v) is 6.53. The Morgan fingerprint density at radius 2 is 1.95 bits per heavy atom. The molecule has 1 aliphatic carbocycles. The van der Waals surface area contributed by atoms with Gasteiger partial charge in [-0.1, -0.05) is 32.9 Å². The monoisotopic (exact) mass is 517 g/mol. The molecule has 3 aliphatic rings. The number of primary amides is 1. The largest absolute Gasteiger partial charge is 0.363 e. The van der Waals surface area contributed by atoms with Crippen LogP contribution in [0.1, 0.15) is 34.1 Å². The first-order valence-corrected chi connectivity index (χ1v) is 12.2. The van der Waals surface area contributed by atoms with Gasteiger partial charge in [0.15, 0.2) is 0 Å². The number of carbonyl (C=O) groups is 6.